The minimum absolute atomic E-state index is 0.466. The first-order chi connectivity index (χ1) is 23.0. The molecule has 6 nitrogen and oxygen atoms in total. The fourth-order valence-electron chi connectivity index (χ4n) is 5.24. The number of anilines is 2. The maximum atomic E-state index is 6.12. The third kappa shape index (κ3) is 8.12. The van der Waals surface area contributed by atoms with E-state index in [0.717, 1.165) is 67.8 Å². The second-order valence-corrected chi connectivity index (χ2v) is 12.3. The summed E-state index contributed by atoms with van der Waals surface area (Å²) in [5, 5.41) is 0. The van der Waals surface area contributed by atoms with Crippen molar-refractivity contribution in [1.29, 1.82) is 0 Å². The van der Waals surface area contributed by atoms with Gasteiger partial charge >= 0.3 is 0 Å². The van der Waals surface area contributed by atoms with E-state index in [1.54, 1.807) is 17.8 Å². The molecule has 0 radical (unpaired) electrons. The van der Waals surface area contributed by atoms with E-state index in [2.05, 4.69) is 66.3 Å². The van der Waals surface area contributed by atoms with E-state index < -0.39 is 0 Å². The highest BCUT2D eigenvalue weighted by atomic mass is 32.2. The molecule has 6 rings (SSSR count). The van der Waals surface area contributed by atoms with Crippen LogP contribution < -0.4 is 19.3 Å². The largest absolute Gasteiger partial charge is 0.473 e. The van der Waals surface area contributed by atoms with Crippen molar-refractivity contribution in [2.75, 3.05) is 36.4 Å². The molecule has 238 valence electrons. The molecule has 2 heterocycles. The summed E-state index contributed by atoms with van der Waals surface area (Å²) in [4.78, 5) is 6.58. The van der Waals surface area contributed by atoms with Gasteiger partial charge < -0.3 is 28.7 Å². The number of rotatable bonds is 10. The van der Waals surface area contributed by atoms with Gasteiger partial charge in [0.2, 0.25) is 0 Å². The van der Waals surface area contributed by atoms with Crippen LogP contribution in [0.15, 0.2) is 167 Å². The van der Waals surface area contributed by atoms with Crippen molar-refractivity contribution in [3.05, 3.63) is 157 Å². The summed E-state index contributed by atoms with van der Waals surface area (Å²) in [5.74, 6) is 4.89. The van der Waals surface area contributed by atoms with Gasteiger partial charge in [0.15, 0.2) is 13.5 Å². The molecule has 2 aliphatic rings. The Balaban J connectivity index is 0.984. The average Bonchev–Trinajstić information content (AvgIpc) is 3.09. The first-order valence-corrected chi connectivity index (χ1v) is 16.3. The molecule has 0 amide bonds. The predicted octanol–water partition coefficient (Wildman–Crippen LogP) is 10.5. The lowest BCUT2D eigenvalue weighted by atomic mass is 10.2. The molecule has 4 aromatic carbocycles. The van der Waals surface area contributed by atoms with E-state index >= 15 is 0 Å². The van der Waals surface area contributed by atoms with Crippen LogP contribution in [0.2, 0.25) is 0 Å². The molecule has 0 spiro atoms. The molecule has 0 bridgehead atoms. The van der Waals surface area contributed by atoms with Crippen LogP contribution in [-0.4, -0.2) is 26.6 Å². The summed E-state index contributed by atoms with van der Waals surface area (Å²) < 4.78 is 23.9. The van der Waals surface area contributed by atoms with Gasteiger partial charge in [-0.3, -0.25) is 0 Å². The Morgan fingerprint density at radius 1 is 0.681 bits per heavy atom. The van der Waals surface area contributed by atoms with Gasteiger partial charge in [0.1, 0.15) is 34.5 Å². The van der Waals surface area contributed by atoms with Crippen molar-refractivity contribution in [3.63, 3.8) is 0 Å². The molecule has 47 heavy (non-hydrogen) atoms. The Morgan fingerprint density at radius 2 is 1.15 bits per heavy atom. The first kappa shape index (κ1) is 31.7. The molecule has 4 aromatic rings. The third-order valence-electron chi connectivity index (χ3n) is 7.68. The lowest BCUT2D eigenvalue weighted by Crippen LogP contribution is -2.33. The zero-order chi connectivity index (χ0) is 32.6. The Morgan fingerprint density at radius 3 is 1.60 bits per heavy atom. The van der Waals surface area contributed by atoms with Crippen LogP contribution in [0, 0.1) is 0 Å². The summed E-state index contributed by atoms with van der Waals surface area (Å²) in [6.07, 6.45) is 7.58. The van der Waals surface area contributed by atoms with Crippen LogP contribution >= 0.6 is 11.8 Å². The Bertz CT molecular complexity index is 1790. The van der Waals surface area contributed by atoms with Crippen LogP contribution in [0.25, 0.3) is 0 Å². The standard InChI is InChI=1S/C40H38N2O4S/c1-5-7-39-29(3)25-41(27-43-39)31-9-13-33(14-10-31)45-35-17-21-37(22-18-35)47-38-23-19-36(20-24-38)46-34-15-11-32(12-16-34)42-26-30(4)40(8-6-2)44-28-42/h5-24H,1,3,25-28H2,2,4H3/b8-6-,39-7+. The van der Waals surface area contributed by atoms with Gasteiger partial charge in [-0.2, -0.15) is 0 Å². The highest BCUT2D eigenvalue weighted by Crippen LogP contribution is 2.34. The second kappa shape index (κ2) is 14.9. The lowest BCUT2D eigenvalue weighted by Gasteiger charge is -2.32. The van der Waals surface area contributed by atoms with Crippen molar-refractivity contribution >= 4 is 23.1 Å². The molecule has 1 fully saturated rings. The van der Waals surface area contributed by atoms with Crippen LogP contribution in [0.3, 0.4) is 0 Å². The first-order valence-electron chi connectivity index (χ1n) is 15.5. The van der Waals surface area contributed by atoms with Crippen LogP contribution in [0.5, 0.6) is 23.0 Å². The van der Waals surface area contributed by atoms with Crippen LogP contribution in [0.1, 0.15) is 13.8 Å². The normalized spacial score (nSPS) is 15.9. The van der Waals surface area contributed by atoms with Crippen molar-refractivity contribution in [3.8, 4) is 23.0 Å². The topological polar surface area (TPSA) is 43.4 Å². The molecule has 7 heteroatoms. The molecule has 2 aliphatic heterocycles. The monoisotopic (exact) mass is 642 g/mol. The van der Waals surface area contributed by atoms with Gasteiger partial charge in [0.05, 0.1) is 0 Å². The van der Waals surface area contributed by atoms with E-state index in [9.17, 15) is 0 Å². The Hall–Kier alpha value is -5.27. The van der Waals surface area contributed by atoms with Gasteiger partial charge in [0, 0.05) is 39.8 Å². The van der Waals surface area contributed by atoms with E-state index in [1.165, 1.54) is 5.57 Å². The summed E-state index contributed by atoms with van der Waals surface area (Å²) in [5.41, 5.74) is 4.29. The Labute approximate surface area is 281 Å². The zero-order valence-corrected chi connectivity index (χ0v) is 27.5. The second-order valence-electron chi connectivity index (χ2n) is 11.2. The summed E-state index contributed by atoms with van der Waals surface area (Å²) in [7, 11) is 0. The summed E-state index contributed by atoms with van der Waals surface area (Å²) in [6, 6.07) is 32.4. The molecular formula is C40H38N2O4S. The minimum Gasteiger partial charge on any atom is -0.473 e. The van der Waals surface area contributed by atoms with Crippen molar-refractivity contribution in [2.45, 2.75) is 23.6 Å². The SMILES string of the molecule is C=C/C=C1/OCN(c2ccc(Oc3ccc(Sc4ccc(Oc5ccc(N6COC(/C=C\C)=C(C)C6)cc5)cc4)cc3)cc2)CC1=C. The van der Waals surface area contributed by atoms with E-state index in [-0.39, 0.29) is 0 Å². The van der Waals surface area contributed by atoms with E-state index in [4.69, 9.17) is 18.9 Å². The maximum Gasteiger partial charge on any atom is 0.161 e. The van der Waals surface area contributed by atoms with Crippen molar-refractivity contribution < 1.29 is 18.9 Å². The third-order valence-corrected chi connectivity index (χ3v) is 8.69. The van der Waals surface area contributed by atoms with Gasteiger partial charge in [-0.25, -0.2) is 0 Å². The quantitative estimate of drug-likeness (QED) is 0.171. The van der Waals surface area contributed by atoms with Crippen molar-refractivity contribution in [1.82, 2.24) is 0 Å². The number of hydrogen-bond acceptors (Lipinski definition) is 7. The van der Waals surface area contributed by atoms with Gasteiger partial charge in [-0.1, -0.05) is 37.1 Å². The molecule has 0 atom stereocenters. The molecule has 1 saturated heterocycles. The highest BCUT2D eigenvalue weighted by molar-refractivity contribution is 7.99. The molecule has 0 aromatic heterocycles. The number of hydrogen-bond donors (Lipinski definition) is 0. The number of allylic oxidation sites excluding steroid dienone is 4. The Kier molecular flexibility index (Phi) is 10.0. The van der Waals surface area contributed by atoms with Gasteiger partial charge in [-0.15, -0.1) is 0 Å². The summed E-state index contributed by atoms with van der Waals surface area (Å²) in [6.45, 7) is 14.5. The number of nitrogens with zero attached hydrogens (tertiary/aromatic N) is 2. The molecule has 0 unspecified atom stereocenters. The highest BCUT2D eigenvalue weighted by Gasteiger charge is 2.19. The maximum absolute atomic E-state index is 6.12. The van der Waals surface area contributed by atoms with Gasteiger partial charge in [-0.05, 0) is 129 Å². The number of benzene rings is 4. The summed E-state index contributed by atoms with van der Waals surface area (Å²) >= 11 is 1.69. The van der Waals surface area contributed by atoms with Crippen LogP contribution in [0.4, 0.5) is 11.4 Å². The van der Waals surface area contributed by atoms with Crippen molar-refractivity contribution in [2.24, 2.45) is 0 Å². The predicted molar refractivity (Wildman–Crippen MR) is 192 cm³/mol. The fourth-order valence-corrected chi connectivity index (χ4v) is 6.06. The molecule has 0 saturated carbocycles. The molecular weight excluding hydrogens is 605 g/mol. The fraction of sp³-hybridized carbons (Fsp3) is 0.150. The smallest absolute Gasteiger partial charge is 0.161 e. The average molecular weight is 643 g/mol. The molecule has 0 N–H and O–H groups in total. The van der Waals surface area contributed by atoms with E-state index in [1.807, 2.05) is 85.8 Å². The lowest BCUT2D eigenvalue weighted by molar-refractivity contribution is 0.202. The van der Waals surface area contributed by atoms with Gasteiger partial charge in [0.25, 0.3) is 0 Å². The number of ether oxygens (including phenoxy) is 4. The van der Waals surface area contributed by atoms with Crippen LogP contribution in [-0.2, 0) is 9.47 Å². The van der Waals surface area contributed by atoms with E-state index in [0.29, 0.717) is 20.0 Å². The zero-order valence-electron chi connectivity index (χ0n) is 26.7. The molecule has 0 aliphatic carbocycles. The minimum atomic E-state index is 0.466.